The highest BCUT2D eigenvalue weighted by Gasteiger charge is 2.05. The largest absolute Gasteiger partial charge is 0.213 e. The maximum Gasteiger partial charge on any atom is 0.114 e. The Labute approximate surface area is 98.1 Å². The predicted molar refractivity (Wildman–Crippen MR) is 66.1 cm³/mol. The predicted octanol–water partition coefficient (Wildman–Crippen LogP) is 2.71. The van der Waals surface area contributed by atoms with Gasteiger partial charge in [0.2, 0.25) is 0 Å². The van der Waals surface area contributed by atoms with Gasteiger partial charge in [0.15, 0.2) is 0 Å². The molecule has 0 atom stereocenters. The zero-order valence-electron chi connectivity index (χ0n) is 8.41. The molecular weight excluding hydrogens is 218 g/mol. The lowest BCUT2D eigenvalue weighted by atomic mass is 10.3. The summed E-state index contributed by atoms with van der Waals surface area (Å²) >= 11 is 4.28. The van der Waals surface area contributed by atoms with E-state index in [4.69, 9.17) is 0 Å². The van der Waals surface area contributed by atoms with Crippen molar-refractivity contribution in [1.29, 1.82) is 0 Å². The zero-order chi connectivity index (χ0) is 11.0. The minimum atomic E-state index is 0.858. The average molecular weight is 227 g/mol. The molecule has 3 rings (SSSR count). The van der Waals surface area contributed by atoms with E-state index < -0.39 is 0 Å². The fourth-order valence-corrected chi connectivity index (χ4v) is 1.87. The van der Waals surface area contributed by atoms with E-state index in [2.05, 4.69) is 22.9 Å². The van der Waals surface area contributed by atoms with Crippen molar-refractivity contribution in [3.63, 3.8) is 0 Å². The number of benzene rings is 2. The molecule has 0 aliphatic rings. The van der Waals surface area contributed by atoms with Crippen LogP contribution in [0, 0.1) is 0 Å². The van der Waals surface area contributed by atoms with Gasteiger partial charge < -0.3 is 0 Å². The molecule has 1 aromatic heterocycles. The van der Waals surface area contributed by atoms with Crippen LogP contribution < -0.4 is 0 Å². The summed E-state index contributed by atoms with van der Waals surface area (Å²) in [6, 6.07) is 15.8. The van der Waals surface area contributed by atoms with Crippen LogP contribution in [0.15, 0.2) is 53.4 Å². The van der Waals surface area contributed by atoms with Crippen molar-refractivity contribution >= 4 is 23.7 Å². The van der Waals surface area contributed by atoms with Crippen LogP contribution in [-0.4, -0.2) is 15.0 Å². The minimum absolute atomic E-state index is 0.858. The highest BCUT2D eigenvalue weighted by atomic mass is 32.1. The monoisotopic (exact) mass is 227 g/mol. The van der Waals surface area contributed by atoms with Gasteiger partial charge in [-0.05, 0) is 30.3 Å². The van der Waals surface area contributed by atoms with Gasteiger partial charge >= 0.3 is 0 Å². The summed E-state index contributed by atoms with van der Waals surface area (Å²) in [5.74, 6) is 0. The summed E-state index contributed by atoms with van der Waals surface area (Å²) < 4.78 is 1.82. The van der Waals surface area contributed by atoms with Crippen LogP contribution in [0.25, 0.3) is 16.7 Å². The number of fused-ring (bicyclic) bond motifs is 1. The molecule has 0 saturated heterocycles. The average Bonchev–Trinajstić information content (AvgIpc) is 2.73. The number of para-hydroxylation sites is 1. The lowest BCUT2D eigenvalue weighted by Gasteiger charge is -2.00. The molecule has 78 valence electrons. The zero-order valence-corrected chi connectivity index (χ0v) is 9.30. The standard InChI is InChI=1S/C12H9N3S/c16-10-6-7-12-11(8-10)13-14-15(12)9-4-2-1-3-5-9/h1-8,16H. The Morgan fingerprint density at radius 1 is 1.00 bits per heavy atom. The number of hydrogen-bond donors (Lipinski definition) is 1. The first-order chi connectivity index (χ1) is 7.84. The maximum absolute atomic E-state index is 4.28. The Bertz CT molecular complexity index is 631. The van der Waals surface area contributed by atoms with E-state index in [0.717, 1.165) is 21.6 Å². The van der Waals surface area contributed by atoms with Crippen molar-refractivity contribution in [3.8, 4) is 5.69 Å². The van der Waals surface area contributed by atoms with Crippen LogP contribution in [-0.2, 0) is 0 Å². The summed E-state index contributed by atoms with van der Waals surface area (Å²) in [6.45, 7) is 0. The smallest absolute Gasteiger partial charge is 0.114 e. The summed E-state index contributed by atoms with van der Waals surface area (Å²) in [6.07, 6.45) is 0. The molecular formula is C12H9N3S. The van der Waals surface area contributed by atoms with E-state index in [9.17, 15) is 0 Å². The Morgan fingerprint density at radius 3 is 2.62 bits per heavy atom. The molecule has 3 nitrogen and oxygen atoms in total. The summed E-state index contributed by atoms with van der Waals surface area (Å²) in [5.41, 5.74) is 2.86. The second kappa shape index (κ2) is 3.64. The first-order valence-electron chi connectivity index (χ1n) is 4.94. The van der Waals surface area contributed by atoms with Crippen LogP contribution in [0.4, 0.5) is 0 Å². The van der Waals surface area contributed by atoms with E-state index in [1.54, 1.807) is 0 Å². The fourth-order valence-electron chi connectivity index (χ4n) is 1.67. The Morgan fingerprint density at radius 2 is 1.81 bits per heavy atom. The number of thiol groups is 1. The van der Waals surface area contributed by atoms with Crippen molar-refractivity contribution in [2.75, 3.05) is 0 Å². The third kappa shape index (κ3) is 1.47. The highest BCUT2D eigenvalue weighted by molar-refractivity contribution is 7.80. The molecule has 1 heterocycles. The molecule has 0 aliphatic heterocycles. The number of nitrogens with zero attached hydrogens (tertiary/aromatic N) is 3. The van der Waals surface area contributed by atoms with Gasteiger partial charge in [-0.15, -0.1) is 17.7 Å². The van der Waals surface area contributed by atoms with Crippen LogP contribution in [0.5, 0.6) is 0 Å². The summed E-state index contributed by atoms with van der Waals surface area (Å²) in [5, 5.41) is 8.26. The summed E-state index contributed by atoms with van der Waals surface area (Å²) in [7, 11) is 0. The molecule has 4 heteroatoms. The van der Waals surface area contributed by atoms with E-state index in [0.29, 0.717) is 0 Å². The van der Waals surface area contributed by atoms with Gasteiger partial charge in [0, 0.05) is 4.90 Å². The summed E-state index contributed by atoms with van der Waals surface area (Å²) in [4.78, 5) is 0.896. The van der Waals surface area contributed by atoms with Gasteiger partial charge in [-0.2, -0.15) is 0 Å². The molecule has 0 bridgehead atoms. The lowest BCUT2D eigenvalue weighted by Crippen LogP contribution is -1.95. The van der Waals surface area contributed by atoms with E-state index in [1.807, 2.05) is 53.2 Å². The third-order valence-corrected chi connectivity index (χ3v) is 2.71. The number of rotatable bonds is 1. The van der Waals surface area contributed by atoms with E-state index >= 15 is 0 Å². The van der Waals surface area contributed by atoms with Crippen molar-refractivity contribution in [1.82, 2.24) is 15.0 Å². The molecule has 0 aliphatic carbocycles. The second-order valence-corrected chi connectivity index (χ2v) is 4.03. The molecule has 0 amide bonds. The van der Waals surface area contributed by atoms with Crippen molar-refractivity contribution in [3.05, 3.63) is 48.5 Å². The van der Waals surface area contributed by atoms with Crippen molar-refractivity contribution in [2.24, 2.45) is 0 Å². The molecule has 16 heavy (non-hydrogen) atoms. The lowest BCUT2D eigenvalue weighted by molar-refractivity contribution is 0.824. The van der Waals surface area contributed by atoms with Gasteiger partial charge in [0.25, 0.3) is 0 Å². The van der Waals surface area contributed by atoms with Gasteiger partial charge in [-0.25, -0.2) is 4.68 Å². The molecule has 0 N–H and O–H groups in total. The molecule has 0 unspecified atom stereocenters. The van der Waals surface area contributed by atoms with Crippen molar-refractivity contribution < 1.29 is 0 Å². The molecule has 0 fully saturated rings. The molecule has 2 aromatic carbocycles. The SMILES string of the molecule is Sc1ccc2c(c1)nnn2-c1ccccc1. The molecule has 0 radical (unpaired) electrons. The first kappa shape index (κ1) is 9.42. The highest BCUT2D eigenvalue weighted by Crippen LogP contribution is 2.18. The van der Waals surface area contributed by atoms with Crippen LogP contribution in [0.2, 0.25) is 0 Å². The molecule has 0 spiro atoms. The maximum atomic E-state index is 4.28. The van der Waals surface area contributed by atoms with Gasteiger partial charge in [0.1, 0.15) is 5.52 Å². The van der Waals surface area contributed by atoms with Gasteiger partial charge in [-0.3, -0.25) is 0 Å². The number of aromatic nitrogens is 3. The molecule has 3 aromatic rings. The quantitative estimate of drug-likeness (QED) is 0.648. The fraction of sp³-hybridized carbons (Fsp3) is 0. The van der Waals surface area contributed by atoms with Gasteiger partial charge in [-0.1, -0.05) is 23.4 Å². The second-order valence-electron chi connectivity index (χ2n) is 3.51. The van der Waals surface area contributed by atoms with E-state index in [-0.39, 0.29) is 0 Å². The minimum Gasteiger partial charge on any atom is -0.213 e. The Kier molecular flexibility index (Phi) is 2.15. The van der Waals surface area contributed by atoms with Crippen LogP contribution >= 0.6 is 12.6 Å². The topological polar surface area (TPSA) is 30.7 Å². The Balaban J connectivity index is 2.26. The van der Waals surface area contributed by atoms with E-state index in [1.165, 1.54) is 0 Å². The van der Waals surface area contributed by atoms with Gasteiger partial charge in [0.05, 0.1) is 11.2 Å². The van der Waals surface area contributed by atoms with Crippen LogP contribution in [0.1, 0.15) is 0 Å². The first-order valence-corrected chi connectivity index (χ1v) is 5.39. The number of hydrogen-bond acceptors (Lipinski definition) is 3. The van der Waals surface area contributed by atoms with Crippen molar-refractivity contribution in [2.45, 2.75) is 4.90 Å². The third-order valence-electron chi connectivity index (χ3n) is 2.43. The normalized spacial score (nSPS) is 10.8. The molecule has 0 saturated carbocycles. The van der Waals surface area contributed by atoms with Crippen LogP contribution in [0.3, 0.4) is 0 Å². The Hall–Kier alpha value is -1.81.